The Labute approximate surface area is 136 Å². The highest BCUT2D eigenvalue weighted by atomic mass is 35.5. The van der Waals surface area contributed by atoms with Crippen LogP contribution >= 0.6 is 11.6 Å². The Morgan fingerprint density at radius 3 is 2.82 bits per heavy atom. The molecule has 0 amide bonds. The second kappa shape index (κ2) is 7.25. The van der Waals surface area contributed by atoms with Gasteiger partial charge in [-0.1, -0.05) is 30.7 Å². The van der Waals surface area contributed by atoms with Crippen molar-refractivity contribution in [2.45, 2.75) is 25.8 Å². The highest BCUT2D eigenvalue weighted by Crippen LogP contribution is 2.26. The van der Waals surface area contributed by atoms with Crippen LogP contribution in [0.5, 0.6) is 0 Å². The van der Waals surface area contributed by atoms with E-state index in [0.29, 0.717) is 25.2 Å². The van der Waals surface area contributed by atoms with Crippen molar-refractivity contribution in [2.75, 3.05) is 25.9 Å². The predicted molar refractivity (Wildman–Crippen MR) is 87.0 cm³/mol. The first-order chi connectivity index (χ1) is 10.3. The molecule has 0 spiro atoms. The fourth-order valence-electron chi connectivity index (χ4n) is 2.84. The zero-order valence-electron chi connectivity index (χ0n) is 12.9. The molecule has 2 rings (SSSR count). The second-order valence-electron chi connectivity index (χ2n) is 5.79. The summed E-state index contributed by atoms with van der Waals surface area (Å²) in [6.07, 6.45) is 2.80. The maximum Gasteiger partial charge on any atom is 0.211 e. The lowest BCUT2D eigenvalue weighted by molar-refractivity contribution is 0.413. The van der Waals surface area contributed by atoms with E-state index >= 15 is 0 Å². The van der Waals surface area contributed by atoms with Crippen LogP contribution in [0.3, 0.4) is 0 Å². The van der Waals surface area contributed by atoms with Crippen molar-refractivity contribution in [1.82, 2.24) is 9.62 Å². The number of hydrogen-bond donors (Lipinski definition) is 1. The zero-order chi connectivity index (χ0) is 16.3. The maximum absolute atomic E-state index is 14.1. The van der Waals surface area contributed by atoms with Crippen molar-refractivity contribution in [2.24, 2.45) is 5.92 Å². The molecule has 0 radical (unpaired) electrons. The van der Waals surface area contributed by atoms with Crippen molar-refractivity contribution in [3.05, 3.63) is 34.6 Å². The molecule has 0 bridgehead atoms. The lowest BCUT2D eigenvalue weighted by atomic mass is 10.0. The molecule has 1 saturated heterocycles. The van der Waals surface area contributed by atoms with Crippen LogP contribution in [0.15, 0.2) is 18.2 Å². The molecule has 0 aliphatic carbocycles. The van der Waals surface area contributed by atoms with Gasteiger partial charge in [-0.15, -0.1) is 0 Å². The summed E-state index contributed by atoms with van der Waals surface area (Å²) in [4.78, 5) is 0. The van der Waals surface area contributed by atoms with Crippen LogP contribution in [-0.4, -0.2) is 38.6 Å². The molecule has 1 N–H and O–H groups in total. The molecule has 0 unspecified atom stereocenters. The lowest BCUT2D eigenvalue weighted by Crippen LogP contribution is -2.31. The average molecular weight is 349 g/mol. The monoisotopic (exact) mass is 348 g/mol. The van der Waals surface area contributed by atoms with E-state index in [1.54, 1.807) is 12.1 Å². The van der Waals surface area contributed by atoms with Gasteiger partial charge in [0.25, 0.3) is 0 Å². The average Bonchev–Trinajstić information content (AvgIpc) is 2.93. The third kappa shape index (κ3) is 4.19. The van der Waals surface area contributed by atoms with E-state index in [1.165, 1.54) is 16.6 Å². The Morgan fingerprint density at radius 1 is 1.50 bits per heavy atom. The Kier molecular flexibility index (Phi) is 5.82. The number of sulfonamides is 1. The Bertz CT molecular complexity index is 624. The third-order valence-corrected chi connectivity index (χ3v) is 5.70. The van der Waals surface area contributed by atoms with Gasteiger partial charge in [0, 0.05) is 24.7 Å². The van der Waals surface area contributed by atoms with Crippen LogP contribution < -0.4 is 5.32 Å². The van der Waals surface area contributed by atoms with Gasteiger partial charge in [-0.3, -0.25) is 0 Å². The summed E-state index contributed by atoms with van der Waals surface area (Å²) in [5.41, 5.74) is 0.563. The van der Waals surface area contributed by atoms with Gasteiger partial charge >= 0.3 is 0 Å². The second-order valence-corrected chi connectivity index (χ2v) is 8.18. The summed E-state index contributed by atoms with van der Waals surface area (Å²) in [5, 5.41) is 3.47. The molecule has 1 aromatic carbocycles. The van der Waals surface area contributed by atoms with Gasteiger partial charge in [-0.05, 0) is 31.4 Å². The number of hydrogen-bond acceptors (Lipinski definition) is 3. The predicted octanol–water partition coefficient (Wildman–Crippen LogP) is 2.80. The first kappa shape index (κ1) is 17.7. The summed E-state index contributed by atoms with van der Waals surface area (Å²) in [6.45, 7) is 3.74. The smallest absolute Gasteiger partial charge is 0.211 e. The topological polar surface area (TPSA) is 49.4 Å². The van der Waals surface area contributed by atoms with Crippen molar-refractivity contribution in [1.29, 1.82) is 0 Å². The van der Waals surface area contributed by atoms with Gasteiger partial charge in [0.05, 0.1) is 11.3 Å². The van der Waals surface area contributed by atoms with E-state index in [1.807, 2.05) is 6.92 Å². The third-order valence-electron chi connectivity index (χ3n) is 4.14. The van der Waals surface area contributed by atoms with E-state index in [2.05, 4.69) is 5.32 Å². The zero-order valence-corrected chi connectivity index (χ0v) is 14.4. The molecule has 1 aliphatic heterocycles. The molecule has 1 aromatic rings. The highest BCUT2D eigenvalue weighted by molar-refractivity contribution is 7.88. The maximum atomic E-state index is 14.1. The van der Waals surface area contributed by atoms with Crippen LogP contribution in [0.25, 0.3) is 0 Å². The molecule has 1 fully saturated rings. The van der Waals surface area contributed by atoms with Crippen molar-refractivity contribution >= 4 is 21.6 Å². The lowest BCUT2D eigenvalue weighted by Gasteiger charge is -2.21. The summed E-state index contributed by atoms with van der Waals surface area (Å²) in [6, 6.07) is 4.89. The SMILES string of the molecule is CC[C@@H](NC[C@H]1CCN(S(C)(=O)=O)C1)c1cccc(Cl)c1F. The molecule has 7 heteroatoms. The van der Waals surface area contributed by atoms with Crippen LogP contribution in [0.1, 0.15) is 31.4 Å². The molecule has 0 aromatic heterocycles. The van der Waals surface area contributed by atoms with Gasteiger partial charge in [0.15, 0.2) is 0 Å². The summed E-state index contributed by atoms with van der Waals surface area (Å²) in [7, 11) is -3.12. The number of nitrogens with one attached hydrogen (secondary N) is 1. The Balaban J connectivity index is 1.97. The van der Waals surface area contributed by atoms with E-state index in [4.69, 9.17) is 11.6 Å². The van der Waals surface area contributed by atoms with Gasteiger partial charge in [0.1, 0.15) is 5.82 Å². The molecule has 1 heterocycles. The van der Waals surface area contributed by atoms with Crippen molar-refractivity contribution in [3.8, 4) is 0 Å². The van der Waals surface area contributed by atoms with Gasteiger partial charge in [-0.2, -0.15) is 0 Å². The number of nitrogens with zero attached hydrogens (tertiary/aromatic N) is 1. The van der Waals surface area contributed by atoms with Crippen LogP contribution in [0.2, 0.25) is 5.02 Å². The van der Waals surface area contributed by atoms with Crippen LogP contribution in [-0.2, 0) is 10.0 Å². The minimum absolute atomic E-state index is 0.119. The Hall–Kier alpha value is -0.690. The molecule has 1 aliphatic rings. The number of halogens is 2. The summed E-state index contributed by atoms with van der Waals surface area (Å²) >= 11 is 5.84. The first-order valence-corrected chi connectivity index (χ1v) is 9.68. The minimum atomic E-state index is -3.12. The minimum Gasteiger partial charge on any atom is -0.310 e. The fourth-order valence-corrected chi connectivity index (χ4v) is 3.94. The van der Waals surface area contributed by atoms with E-state index in [-0.39, 0.29) is 22.8 Å². The van der Waals surface area contributed by atoms with Gasteiger partial charge < -0.3 is 5.32 Å². The normalized spacial score (nSPS) is 21.2. The molecule has 0 saturated carbocycles. The summed E-state index contributed by atoms with van der Waals surface area (Å²) in [5.74, 6) is -0.126. The quantitative estimate of drug-likeness (QED) is 0.860. The fraction of sp³-hybridized carbons (Fsp3) is 0.600. The van der Waals surface area contributed by atoms with Crippen LogP contribution in [0.4, 0.5) is 4.39 Å². The van der Waals surface area contributed by atoms with Gasteiger partial charge in [-0.25, -0.2) is 17.1 Å². The molecule has 2 atom stereocenters. The van der Waals surface area contributed by atoms with E-state index in [0.717, 1.165) is 12.8 Å². The van der Waals surface area contributed by atoms with E-state index < -0.39 is 10.0 Å². The molecule has 22 heavy (non-hydrogen) atoms. The largest absolute Gasteiger partial charge is 0.310 e. The number of benzene rings is 1. The van der Waals surface area contributed by atoms with Crippen molar-refractivity contribution < 1.29 is 12.8 Å². The van der Waals surface area contributed by atoms with Crippen molar-refractivity contribution in [3.63, 3.8) is 0 Å². The van der Waals surface area contributed by atoms with Gasteiger partial charge in [0.2, 0.25) is 10.0 Å². The molecular weight excluding hydrogens is 327 g/mol. The molecule has 4 nitrogen and oxygen atoms in total. The standard InChI is InChI=1S/C15H22ClFN2O2S/c1-3-14(12-5-4-6-13(16)15(12)17)18-9-11-7-8-19(10-11)22(2,20)21/h4-6,11,14,18H,3,7-10H2,1-2H3/t11-,14-/m1/s1. The number of rotatable bonds is 6. The summed E-state index contributed by atoms with van der Waals surface area (Å²) < 4.78 is 38.6. The van der Waals surface area contributed by atoms with E-state index in [9.17, 15) is 12.8 Å². The first-order valence-electron chi connectivity index (χ1n) is 7.45. The molecular formula is C15H22ClFN2O2S. The Morgan fingerprint density at radius 2 is 2.23 bits per heavy atom. The van der Waals surface area contributed by atoms with Crippen LogP contribution in [0, 0.1) is 11.7 Å². The molecule has 124 valence electrons. The highest BCUT2D eigenvalue weighted by Gasteiger charge is 2.29.